The van der Waals surface area contributed by atoms with Gasteiger partial charge in [-0.2, -0.15) is 0 Å². The molecule has 2 nitrogen and oxygen atoms in total. The van der Waals surface area contributed by atoms with Crippen molar-refractivity contribution in [1.82, 2.24) is 0 Å². The highest BCUT2D eigenvalue weighted by Gasteiger charge is 2.07. The average Bonchev–Trinajstić information content (AvgIpc) is 2.41. The average molecular weight is 292 g/mol. The number of anilines is 1. The highest BCUT2D eigenvalue weighted by Crippen LogP contribution is 2.31. The Morgan fingerprint density at radius 1 is 1.21 bits per heavy atom. The Balaban J connectivity index is 2.17. The van der Waals surface area contributed by atoms with Crippen LogP contribution in [0, 0.1) is 12.3 Å². The second kappa shape index (κ2) is 5.88. The minimum Gasteiger partial charge on any atom is -0.506 e. The molecule has 0 aliphatic carbocycles. The minimum absolute atomic E-state index is 0.0340. The van der Waals surface area contributed by atoms with Crippen molar-refractivity contribution in [3.63, 3.8) is 0 Å². The summed E-state index contributed by atoms with van der Waals surface area (Å²) in [6.07, 6.45) is 5.34. The van der Waals surface area contributed by atoms with E-state index in [4.69, 9.17) is 29.6 Å². The molecular weight excluding hydrogens is 281 g/mol. The van der Waals surface area contributed by atoms with E-state index in [1.807, 2.05) is 24.3 Å². The number of hydrogen-bond acceptors (Lipinski definition) is 2. The van der Waals surface area contributed by atoms with E-state index in [0.29, 0.717) is 17.1 Å². The Bertz CT molecular complexity index is 647. The lowest BCUT2D eigenvalue weighted by molar-refractivity contribution is 0.469. The van der Waals surface area contributed by atoms with Crippen molar-refractivity contribution >= 4 is 28.9 Å². The van der Waals surface area contributed by atoms with E-state index in [1.54, 1.807) is 6.07 Å². The molecule has 0 aliphatic rings. The maximum Gasteiger partial charge on any atom is 0.139 e. The Hall–Kier alpha value is -1.82. The van der Waals surface area contributed by atoms with Crippen molar-refractivity contribution in [3.8, 4) is 18.1 Å². The molecule has 0 aliphatic heterocycles. The van der Waals surface area contributed by atoms with Crippen LogP contribution in [0.25, 0.3) is 0 Å². The molecule has 0 amide bonds. The van der Waals surface area contributed by atoms with Gasteiger partial charge in [0.2, 0.25) is 0 Å². The van der Waals surface area contributed by atoms with Gasteiger partial charge >= 0.3 is 0 Å². The number of rotatable bonds is 3. The van der Waals surface area contributed by atoms with Crippen LogP contribution in [0.5, 0.6) is 5.75 Å². The van der Waals surface area contributed by atoms with Crippen molar-refractivity contribution in [2.45, 2.75) is 6.54 Å². The molecule has 0 saturated heterocycles. The number of nitrogens with one attached hydrogen (secondary N) is 1. The number of hydrogen-bond donors (Lipinski definition) is 2. The Morgan fingerprint density at radius 3 is 2.74 bits per heavy atom. The Labute approximate surface area is 122 Å². The summed E-state index contributed by atoms with van der Waals surface area (Å²) in [7, 11) is 0. The van der Waals surface area contributed by atoms with Crippen molar-refractivity contribution in [2.24, 2.45) is 0 Å². The van der Waals surface area contributed by atoms with Gasteiger partial charge in [0.25, 0.3) is 0 Å². The van der Waals surface area contributed by atoms with Crippen LogP contribution in [-0.2, 0) is 6.54 Å². The zero-order chi connectivity index (χ0) is 13.8. The number of phenolic OH excluding ortho intramolecular Hbond substituents is 1. The summed E-state index contributed by atoms with van der Waals surface area (Å²) in [6.45, 7) is 0.403. The predicted molar refractivity (Wildman–Crippen MR) is 79.8 cm³/mol. The molecule has 96 valence electrons. The predicted octanol–water partition coefficient (Wildman–Crippen LogP) is 4.29. The van der Waals surface area contributed by atoms with Gasteiger partial charge in [-0.05, 0) is 30.3 Å². The van der Waals surface area contributed by atoms with Gasteiger partial charge in [-0.3, -0.25) is 0 Å². The molecule has 0 aromatic heterocycles. The molecule has 4 heteroatoms. The molecule has 0 bridgehead atoms. The fourth-order valence-corrected chi connectivity index (χ4v) is 2.21. The van der Waals surface area contributed by atoms with Crippen molar-refractivity contribution < 1.29 is 5.11 Å². The Kier molecular flexibility index (Phi) is 4.21. The van der Waals surface area contributed by atoms with Gasteiger partial charge in [0.15, 0.2) is 0 Å². The molecule has 0 heterocycles. The van der Waals surface area contributed by atoms with Crippen molar-refractivity contribution in [2.75, 3.05) is 5.32 Å². The normalized spacial score (nSPS) is 9.95. The first-order valence-corrected chi connectivity index (χ1v) is 6.33. The van der Waals surface area contributed by atoms with Gasteiger partial charge in [-0.1, -0.05) is 35.2 Å². The van der Waals surface area contributed by atoms with E-state index in [0.717, 1.165) is 11.3 Å². The second-order valence-corrected chi connectivity index (χ2v) is 4.82. The van der Waals surface area contributed by atoms with E-state index in [1.165, 1.54) is 6.07 Å². The van der Waals surface area contributed by atoms with Gasteiger partial charge in [-0.15, -0.1) is 6.42 Å². The molecule has 2 rings (SSSR count). The molecule has 0 atom stereocenters. The first kappa shape index (κ1) is 13.6. The van der Waals surface area contributed by atoms with E-state index in [9.17, 15) is 5.11 Å². The first-order valence-electron chi connectivity index (χ1n) is 5.57. The second-order valence-electron chi connectivity index (χ2n) is 3.97. The van der Waals surface area contributed by atoms with Crippen LogP contribution in [0.3, 0.4) is 0 Å². The Morgan fingerprint density at radius 2 is 2.00 bits per heavy atom. The molecule has 2 N–H and O–H groups in total. The maximum atomic E-state index is 9.84. The third kappa shape index (κ3) is 3.35. The lowest BCUT2D eigenvalue weighted by atomic mass is 10.1. The molecule has 2 aromatic rings. The van der Waals surface area contributed by atoms with Crippen molar-refractivity contribution in [1.29, 1.82) is 0 Å². The molecule has 0 saturated carbocycles. The summed E-state index contributed by atoms with van der Waals surface area (Å²) >= 11 is 11.8. The molecule has 2 aromatic carbocycles. The van der Waals surface area contributed by atoms with Gasteiger partial charge < -0.3 is 10.4 Å². The smallest absolute Gasteiger partial charge is 0.139 e. The SMILES string of the molecule is C#Cc1cccc(NCc2cc(Cl)cc(Cl)c2O)c1. The van der Waals surface area contributed by atoms with Crippen LogP contribution in [0.4, 0.5) is 5.69 Å². The summed E-state index contributed by atoms with van der Waals surface area (Å²) in [6, 6.07) is 10.6. The molecule has 0 unspecified atom stereocenters. The number of phenols is 1. The summed E-state index contributed by atoms with van der Waals surface area (Å²) in [5.74, 6) is 2.60. The lowest BCUT2D eigenvalue weighted by Crippen LogP contribution is -2.00. The molecule has 19 heavy (non-hydrogen) atoms. The van der Waals surface area contributed by atoms with Crippen LogP contribution in [0.1, 0.15) is 11.1 Å². The highest BCUT2D eigenvalue weighted by atomic mass is 35.5. The van der Waals surface area contributed by atoms with Gasteiger partial charge in [0.1, 0.15) is 5.75 Å². The van der Waals surface area contributed by atoms with E-state index in [2.05, 4.69) is 11.2 Å². The quantitative estimate of drug-likeness (QED) is 0.827. The zero-order valence-electron chi connectivity index (χ0n) is 9.95. The van der Waals surface area contributed by atoms with Crippen LogP contribution in [-0.4, -0.2) is 5.11 Å². The van der Waals surface area contributed by atoms with E-state index in [-0.39, 0.29) is 10.8 Å². The molecule has 0 radical (unpaired) electrons. The number of aromatic hydroxyl groups is 1. The monoisotopic (exact) mass is 291 g/mol. The van der Waals surface area contributed by atoms with Crippen LogP contribution in [0.2, 0.25) is 10.0 Å². The number of terminal acetylenes is 1. The fraction of sp³-hybridized carbons (Fsp3) is 0.0667. The molecule has 0 spiro atoms. The van der Waals surface area contributed by atoms with Gasteiger partial charge in [-0.25, -0.2) is 0 Å². The van der Waals surface area contributed by atoms with Gasteiger partial charge in [0, 0.05) is 28.4 Å². The first-order chi connectivity index (χ1) is 9.10. The topological polar surface area (TPSA) is 32.3 Å². The highest BCUT2D eigenvalue weighted by molar-refractivity contribution is 6.35. The molecule has 0 fully saturated rings. The summed E-state index contributed by atoms with van der Waals surface area (Å²) in [5, 5.41) is 13.7. The maximum absolute atomic E-state index is 9.84. The third-order valence-corrected chi connectivity index (χ3v) is 3.13. The van der Waals surface area contributed by atoms with E-state index >= 15 is 0 Å². The fourth-order valence-electron chi connectivity index (χ4n) is 1.67. The minimum atomic E-state index is 0.0340. The third-order valence-electron chi connectivity index (χ3n) is 2.62. The number of benzene rings is 2. The lowest BCUT2D eigenvalue weighted by Gasteiger charge is -2.10. The molecular formula is C15H11Cl2NO. The summed E-state index contributed by atoms with van der Waals surface area (Å²) in [5.41, 5.74) is 2.29. The van der Waals surface area contributed by atoms with Gasteiger partial charge in [0.05, 0.1) is 5.02 Å². The van der Waals surface area contributed by atoms with Crippen LogP contribution >= 0.6 is 23.2 Å². The number of halogens is 2. The van der Waals surface area contributed by atoms with Crippen LogP contribution in [0.15, 0.2) is 36.4 Å². The standard InChI is InChI=1S/C15H11Cl2NO/c1-2-10-4-3-5-13(6-10)18-9-11-7-12(16)8-14(17)15(11)19/h1,3-8,18-19H,9H2. The largest absolute Gasteiger partial charge is 0.506 e. The van der Waals surface area contributed by atoms with Crippen LogP contribution < -0.4 is 5.32 Å². The van der Waals surface area contributed by atoms with Crippen molar-refractivity contribution in [3.05, 3.63) is 57.6 Å². The summed E-state index contributed by atoms with van der Waals surface area (Å²) < 4.78 is 0. The summed E-state index contributed by atoms with van der Waals surface area (Å²) in [4.78, 5) is 0. The zero-order valence-corrected chi connectivity index (χ0v) is 11.5. The van der Waals surface area contributed by atoms with E-state index < -0.39 is 0 Å².